The molecule has 0 saturated carbocycles. The van der Waals surface area contributed by atoms with E-state index in [1.165, 1.54) is 4.90 Å². The highest BCUT2D eigenvalue weighted by Crippen LogP contribution is 2.29. The molecule has 1 fully saturated rings. The van der Waals surface area contributed by atoms with Crippen LogP contribution in [-0.2, 0) is 16.1 Å². The molecule has 1 atom stereocenters. The van der Waals surface area contributed by atoms with Gasteiger partial charge < -0.3 is 24.3 Å². The molecule has 0 spiro atoms. The van der Waals surface area contributed by atoms with E-state index in [4.69, 9.17) is 9.47 Å². The van der Waals surface area contributed by atoms with Crippen LogP contribution in [0.3, 0.4) is 0 Å². The lowest BCUT2D eigenvalue weighted by atomic mass is 10.1. The average Bonchev–Trinajstić information content (AvgIpc) is 2.93. The van der Waals surface area contributed by atoms with E-state index in [2.05, 4.69) is 6.92 Å². The Hall–Kier alpha value is -2.24. The summed E-state index contributed by atoms with van der Waals surface area (Å²) in [7, 11) is 1.57. The number of ether oxygens (including phenoxy) is 2. The second-order valence-corrected chi connectivity index (χ2v) is 6.04. The summed E-state index contributed by atoms with van der Waals surface area (Å²) in [5, 5.41) is 10.9. The topological polar surface area (TPSA) is 78.9 Å². The Bertz CT molecular complexity index is 587. The summed E-state index contributed by atoms with van der Waals surface area (Å²) in [6, 6.07) is 5.53. The van der Waals surface area contributed by atoms with Crippen molar-refractivity contribution in [3.8, 4) is 11.5 Å². The van der Waals surface area contributed by atoms with E-state index in [1.807, 2.05) is 18.2 Å². The van der Waals surface area contributed by atoms with E-state index in [9.17, 15) is 14.7 Å². The minimum atomic E-state index is -1.17. The van der Waals surface area contributed by atoms with Crippen molar-refractivity contribution in [3.05, 3.63) is 23.8 Å². The van der Waals surface area contributed by atoms with E-state index >= 15 is 0 Å². The predicted octanol–water partition coefficient (Wildman–Crippen LogP) is 1.36. The fourth-order valence-corrected chi connectivity index (χ4v) is 2.77. The molecular formula is C18H24NO5-. The molecule has 0 N–H and O–H groups in total. The third-order valence-corrected chi connectivity index (χ3v) is 4.15. The van der Waals surface area contributed by atoms with Crippen molar-refractivity contribution in [2.75, 3.05) is 20.3 Å². The Labute approximate surface area is 142 Å². The Morgan fingerprint density at radius 3 is 2.75 bits per heavy atom. The number of carboxylic acid groups (broad SMARTS) is 1. The lowest BCUT2D eigenvalue weighted by molar-refractivity contribution is -0.311. The van der Waals surface area contributed by atoms with Crippen LogP contribution in [-0.4, -0.2) is 37.0 Å². The number of amides is 1. The number of hydrogen-bond acceptors (Lipinski definition) is 5. The maximum Gasteiger partial charge on any atom is 0.223 e. The van der Waals surface area contributed by atoms with Crippen molar-refractivity contribution in [2.24, 2.45) is 5.92 Å². The van der Waals surface area contributed by atoms with Gasteiger partial charge in [0.05, 0.1) is 13.7 Å². The van der Waals surface area contributed by atoms with E-state index in [-0.39, 0.29) is 18.9 Å². The van der Waals surface area contributed by atoms with Crippen LogP contribution in [0.15, 0.2) is 18.2 Å². The zero-order valence-electron chi connectivity index (χ0n) is 14.2. The predicted molar refractivity (Wildman–Crippen MR) is 86.5 cm³/mol. The summed E-state index contributed by atoms with van der Waals surface area (Å²) in [6.07, 6.45) is 3.26. The molecule has 1 aromatic carbocycles. The summed E-state index contributed by atoms with van der Waals surface area (Å²) in [5.74, 6) is -0.757. The van der Waals surface area contributed by atoms with Gasteiger partial charge in [-0.2, -0.15) is 0 Å². The van der Waals surface area contributed by atoms with Crippen LogP contribution in [0.25, 0.3) is 0 Å². The standard InChI is InChI=1S/C18H25NO5/c1-3-4-5-8-24-15-7-6-13(9-16(15)23-2)11-19-12-14(18(21)22)10-17(19)20/h6-7,9,14H,3-5,8,10-12H2,1-2H3,(H,21,22)/p-1/t14-/m1/s1. The molecule has 132 valence electrons. The van der Waals surface area contributed by atoms with E-state index in [1.54, 1.807) is 7.11 Å². The first-order valence-electron chi connectivity index (χ1n) is 8.33. The Morgan fingerprint density at radius 1 is 1.33 bits per heavy atom. The van der Waals surface area contributed by atoms with Crippen molar-refractivity contribution < 1.29 is 24.2 Å². The molecular weight excluding hydrogens is 310 g/mol. The SMILES string of the molecule is CCCCCOc1ccc(CN2C[C@H](C(=O)[O-])CC2=O)cc1OC. The number of unbranched alkanes of at least 4 members (excludes halogenated alkanes) is 2. The maximum absolute atomic E-state index is 11.9. The molecule has 1 saturated heterocycles. The third kappa shape index (κ3) is 4.63. The minimum Gasteiger partial charge on any atom is -0.550 e. The van der Waals surface area contributed by atoms with Gasteiger partial charge in [0, 0.05) is 31.4 Å². The van der Waals surface area contributed by atoms with Crippen molar-refractivity contribution in [3.63, 3.8) is 0 Å². The highest BCUT2D eigenvalue weighted by atomic mass is 16.5. The zero-order chi connectivity index (χ0) is 17.5. The van der Waals surface area contributed by atoms with Crippen LogP contribution in [0, 0.1) is 5.92 Å². The monoisotopic (exact) mass is 334 g/mol. The number of carbonyl (C=O) groups is 2. The lowest BCUT2D eigenvalue weighted by Gasteiger charge is -2.18. The van der Waals surface area contributed by atoms with E-state index in [0.717, 1.165) is 24.8 Å². The number of carboxylic acids is 1. The van der Waals surface area contributed by atoms with Crippen LogP contribution in [0.2, 0.25) is 0 Å². The van der Waals surface area contributed by atoms with Gasteiger partial charge in [0.1, 0.15) is 0 Å². The average molecular weight is 334 g/mol. The molecule has 1 aliphatic heterocycles. The van der Waals surface area contributed by atoms with Crippen molar-refractivity contribution in [2.45, 2.75) is 39.2 Å². The smallest absolute Gasteiger partial charge is 0.223 e. The van der Waals surface area contributed by atoms with Crippen LogP contribution in [0.1, 0.15) is 38.2 Å². The van der Waals surface area contributed by atoms with Crippen LogP contribution in [0.4, 0.5) is 0 Å². The van der Waals surface area contributed by atoms with Crippen molar-refractivity contribution >= 4 is 11.9 Å². The molecule has 2 rings (SSSR count). The molecule has 6 nitrogen and oxygen atoms in total. The summed E-state index contributed by atoms with van der Waals surface area (Å²) in [6.45, 7) is 3.33. The second-order valence-electron chi connectivity index (χ2n) is 6.04. The number of methoxy groups -OCH3 is 1. The number of likely N-dealkylation sites (tertiary alicyclic amines) is 1. The normalized spacial score (nSPS) is 17.2. The third-order valence-electron chi connectivity index (χ3n) is 4.15. The number of benzene rings is 1. The second kappa shape index (κ2) is 8.57. The van der Waals surface area contributed by atoms with Gasteiger partial charge >= 0.3 is 0 Å². The first kappa shape index (κ1) is 18.1. The number of nitrogens with zero attached hydrogens (tertiary/aromatic N) is 1. The number of hydrogen-bond donors (Lipinski definition) is 0. The molecule has 1 aromatic rings. The number of carbonyl (C=O) groups excluding carboxylic acids is 2. The molecule has 0 radical (unpaired) electrons. The highest BCUT2D eigenvalue weighted by Gasteiger charge is 2.30. The summed E-state index contributed by atoms with van der Waals surface area (Å²) in [4.78, 5) is 24.3. The van der Waals surface area contributed by atoms with Gasteiger partial charge in [-0.3, -0.25) is 4.79 Å². The van der Waals surface area contributed by atoms with Crippen LogP contribution < -0.4 is 14.6 Å². The van der Waals surface area contributed by atoms with Crippen molar-refractivity contribution in [1.29, 1.82) is 0 Å². The van der Waals surface area contributed by atoms with Gasteiger partial charge in [0.25, 0.3) is 0 Å². The van der Waals surface area contributed by atoms with E-state index < -0.39 is 11.9 Å². The molecule has 0 aliphatic carbocycles. The molecule has 1 amide bonds. The molecule has 0 unspecified atom stereocenters. The Kier molecular flexibility index (Phi) is 6.46. The highest BCUT2D eigenvalue weighted by molar-refractivity contribution is 5.85. The fraction of sp³-hybridized carbons (Fsp3) is 0.556. The molecule has 1 heterocycles. The first-order chi connectivity index (χ1) is 11.5. The summed E-state index contributed by atoms with van der Waals surface area (Å²) < 4.78 is 11.1. The molecule has 0 aromatic heterocycles. The largest absolute Gasteiger partial charge is 0.550 e. The molecule has 0 bridgehead atoms. The quantitative estimate of drug-likeness (QED) is 0.637. The summed E-state index contributed by atoms with van der Waals surface area (Å²) >= 11 is 0. The lowest BCUT2D eigenvalue weighted by Crippen LogP contribution is -2.33. The minimum absolute atomic E-state index is 0.0120. The summed E-state index contributed by atoms with van der Waals surface area (Å²) in [5.41, 5.74) is 0.875. The van der Waals surface area contributed by atoms with Gasteiger partial charge in [-0.15, -0.1) is 0 Å². The fourth-order valence-electron chi connectivity index (χ4n) is 2.77. The van der Waals surface area contributed by atoms with Gasteiger partial charge in [0.15, 0.2) is 11.5 Å². The van der Waals surface area contributed by atoms with Crippen LogP contribution in [0.5, 0.6) is 11.5 Å². The molecule has 24 heavy (non-hydrogen) atoms. The van der Waals surface area contributed by atoms with Gasteiger partial charge in [0.2, 0.25) is 5.91 Å². The molecule has 6 heteroatoms. The Balaban J connectivity index is 1.99. The van der Waals surface area contributed by atoms with Gasteiger partial charge in [-0.05, 0) is 24.1 Å². The maximum atomic E-state index is 11.9. The Morgan fingerprint density at radius 2 is 2.12 bits per heavy atom. The zero-order valence-corrected chi connectivity index (χ0v) is 14.2. The van der Waals surface area contributed by atoms with Crippen molar-refractivity contribution in [1.82, 2.24) is 4.90 Å². The number of rotatable bonds is 9. The molecule has 1 aliphatic rings. The number of aliphatic carboxylic acids is 1. The van der Waals surface area contributed by atoms with Gasteiger partial charge in [-0.1, -0.05) is 25.8 Å². The van der Waals surface area contributed by atoms with E-state index in [0.29, 0.717) is 24.7 Å². The van der Waals surface area contributed by atoms with Crippen LogP contribution >= 0.6 is 0 Å². The first-order valence-corrected chi connectivity index (χ1v) is 8.33. The van der Waals surface area contributed by atoms with Gasteiger partial charge in [-0.25, -0.2) is 0 Å².